The summed E-state index contributed by atoms with van der Waals surface area (Å²) in [7, 11) is 0. The van der Waals surface area contributed by atoms with Crippen LogP contribution in [0.2, 0.25) is 0 Å². The van der Waals surface area contributed by atoms with Gasteiger partial charge in [-0.2, -0.15) is 0 Å². The Balaban J connectivity index is 1.84. The maximum absolute atomic E-state index is 13.0. The Morgan fingerprint density at radius 1 is 1.19 bits per heavy atom. The van der Waals surface area contributed by atoms with Crippen molar-refractivity contribution >= 4 is 28.9 Å². The third kappa shape index (κ3) is 4.84. The van der Waals surface area contributed by atoms with E-state index in [1.807, 2.05) is 38.1 Å². The standard InChI is InChI=1S/C23H27N3O5/c1-14(2)21-22(28)25(18-12-17(26(29)30)10-11-19(18)31-21)13-20(27)24-16-8-6-15(7-9-16)23(3,4)5/h6-12,14,21H,13H2,1-5H3,(H,24,27). The van der Waals surface area contributed by atoms with Crippen LogP contribution in [0, 0.1) is 16.0 Å². The highest BCUT2D eigenvalue weighted by molar-refractivity contribution is 6.06. The molecule has 0 bridgehead atoms. The van der Waals surface area contributed by atoms with Gasteiger partial charge in [0.1, 0.15) is 12.3 Å². The maximum atomic E-state index is 13.0. The SMILES string of the molecule is CC(C)C1Oc2ccc([N+](=O)[O-])cc2N(CC(=O)Nc2ccc(C(C)(C)C)cc2)C1=O. The molecule has 2 aromatic rings. The van der Waals surface area contributed by atoms with E-state index in [0.29, 0.717) is 11.4 Å². The van der Waals surface area contributed by atoms with Crippen LogP contribution in [0.15, 0.2) is 42.5 Å². The first-order chi connectivity index (χ1) is 14.5. The number of anilines is 2. The summed E-state index contributed by atoms with van der Waals surface area (Å²) in [6.07, 6.45) is -0.771. The van der Waals surface area contributed by atoms with Gasteiger partial charge in [0.15, 0.2) is 6.10 Å². The number of nitro benzene ring substituents is 1. The molecule has 3 rings (SSSR count). The van der Waals surface area contributed by atoms with Crippen molar-refractivity contribution in [2.24, 2.45) is 5.92 Å². The summed E-state index contributed by atoms with van der Waals surface area (Å²) in [5, 5.41) is 14.0. The van der Waals surface area contributed by atoms with Gasteiger partial charge in [0.25, 0.3) is 11.6 Å². The van der Waals surface area contributed by atoms with Crippen molar-refractivity contribution in [1.29, 1.82) is 0 Å². The lowest BCUT2D eigenvalue weighted by Gasteiger charge is -2.35. The zero-order valence-corrected chi connectivity index (χ0v) is 18.3. The lowest BCUT2D eigenvalue weighted by atomic mass is 9.87. The smallest absolute Gasteiger partial charge is 0.271 e. The molecule has 8 heteroatoms. The summed E-state index contributed by atoms with van der Waals surface area (Å²) >= 11 is 0. The summed E-state index contributed by atoms with van der Waals surface area (Å²) in [5.41, 5.74) is 1.77. The monoisotopic (exact) mass is 425 g/mol. The van der Waals surface area contributed by atoms with Gasteiger partial charge in [0.2, 0.25) is 5.91 Å². The number of fused-ring (bicyclic) bond motifs is 1. The van der Waals surface area contributed by atoms with Gasteiger partial charge in [0, 0.05) is 17.8 Å². The Morgan fingerprint density at radius 2 is 1.84 bits per heavy atom. The second-order valence-corrected chi connectivity index (χ2v) is 8.99. The van der Waals surface area contributed by atoms with E-state index in [2.05, 4.69) is 26.1 Å². The Hall–Kier alpha value is -3.42. The normalized spacial score (nSPS) is 16.0. The lowest BCUT2D eigenvalue weighted by molar-refractivity contribution is -0.384. The van der Waals surface area contributed by atoms with Crippen LogP contribution in [0.1, 0.15) is 40.2 Å². The number of carbonyl (C=O) groups is 2. The van der Waals surface area contributed by atoms with E-state index in [1.54, 1.807) is 0 Å². The van der Waals surface area contributed by atoms with Crippen LogP contribution in [0.3, 0.4) is 0 Å². The minimum absolute atomic E-state index is 0.00690. The molecule has 0 saturated carbocycles. The molecule has 31 heavy (non-hydrogen) atoms. The van der Waals surface area contributed by atoms with E-state index < -0.39 is 22.8 Å². The van der Waals surface area contributed by atoms with Gasteiger partial charge < -0.3 is 10.1 Å². The van der Waals surface area contributed by atoms with Crippen LogP contribution in [-0.2, 0) is 15.0 Å². The Labute approximate surface area is 181 Å². The minimum atomic E-state index is -0.771. The van der Waals surface area contributed by atoms with Gasteiger partial charge in [-0.05, 0) is 35.1 Å². The van der Waals surface area contributed by atoms with Gasteiger partial charge in [-0.25, -0.2) is 0 Å². The largest absolute Gasteiger partial charge is 0.478 e. The van der Waals surface area contributed by atoms with Gasteiger partial charge in [-0.1, -0.05) is 46.8 Å². The first kappa shape index (κ1) is 22.3. The molecule has 2 aromatic carbocycles. The third-order valence-corrected chi connectivity index (χ3v) is 5.15. The molecule has 1 N–H and O–H groups in total. The molecule has 0 aromatic heterocycles. The number of carbonyl (C=O) groups excluding carboxylic acids is 2. The summed E-state index contributed by atoms with van der Waals surface area (Å²) < 4.78 is 5.77. The molecule has 164 valence electrons. The van der Waals surface area contributed by atoms with E-state index >= 15 is 0 Å². The fourth-order valence-electron chi connectivity index (χ4n) is 3.37. The Morgan fingerprint density at radius 3 is 2.39 bits per heavy atom. The maximum Gasteiger partial charge on any atom is 0.271 e. The number of non-ortho nitro benzene ring substituents is 1. The molecule has 1 aliphatic rings. The predicted octanol–water partition coefficient (Wildman–Crippen LogP) is 4.28. The van der Waals surface area contributed by atoms with Crippen molar-refractivity contribution in [2.45, 2.75) is 46.1 Å². The van der Waals surface area contributed by atoms with Crippen LogP contribution in [-0.4, -0.2) is 29.4 Å². The molecule has 0 radical (unpaired) electrons. The van der Waals surface area contributed by atoms with Crippen LogP contribution in [0.4, 0.5) is 17.1 Å². The Bertz CT molecular complexity index is 1010. The minimum Gasteiger partial charge on any atom is -0.478 e. The summed E-state index contributed by atoms with van der Waals surface area (Å²) in [6, 6.07) is 11.6. The van der Waals surface area contributed by atoms with E-state index in [9.17, 15) is 19.7 Å². The predicted molar refractivity (Wildman–Crippen MR) is 118 cm³/mol. The average Bonchev–Trinajstić information content (AvgIpc) is 2.69. The molecular weight excluding hydrogens is 398 g/mol. The van der Waals surface area contributed by atoms with Gasteiger partial charge >= 0.3 is 0 Å². The molecule has 0 fully saturated rings. The zero-order valence-electron chi connectivity index (χ0n) is 18.3. The summed E-state index contributed by atoms with van der Waals surface area (Å²) in [6.45, 7) is 9.72. The number of hydrogen-bond donors (Lipinski definition) is 1. The molecule has 1 aliphatic heterocycles. The fraction of sp³-hybridized carbons (Fsp3) is 0.391. The van der Waals surface area contributed by atoms with Crippen molar-refractivity contribution < 1.29 is 19.2 Å². The summed E-state index contributed by atoms with van der Waals surface area (Å²) in [4.78, 5) is 37.6. The van der Waals surface area contributed by atoms with Crippen molar-refractivity contribution in [3.05, 3.63) is 58.1 Å². The second-order valence-electron chi connectivity index (χ2n) is 8.99. The highest BCUT2D eigenvalue weighted by atomic mass is 16.6. The van der Waals surface area contributed by atoms with Crippen LogP contribution in [0.25, 0.3) is 0 Å². The number of rotatable bonds is 5. The molecule has 8 nitrogen and oxygen atoms in total. The molecular formula is C23H27N3O5. The highest BCUT2D eigenvalue weighted by Gasteiger charge is 2.38. The third-order valence-electron chi connectivity index (χ3n) is 5.15. The topological polar surface area (TPSA) is 102 Å². The van der Waals surface area contributed by atoms with Crippen LogP contribution < -0.4 is 15.0 Å². The molecule has 0 aliphatic carbocycles. The average molecular weight is 425 g/mol. The van der Waals surface area contributed by atoms with E-state index in [0.717, 1.165) is 5.56 Å². The second kappa shape index (κ2) is 8.37. The molecule has 1 atom stereocenters. The number of nitrogens with zero attached hydrogens (tertiary/aromatic N) is 2. The van der Waals surface area contributed by atoms with Gasteiger partial charge in [-0.3, -0.25) is 24.6 Å². The van der Waals surface area contributed by atoms with Gasteiger partial charge in [-0.15, -0.1) is 0 Å². The fourth-order valence-corrected chi connectivity index (χ4v) is 3.37. The van der Waals surface area contributed by atoms with Crippen molar-refractivity contribution in [3.8, 4) is 5.75 Å². The first-order valence-corrected chi connectivity index (χ1v) is 10.1. The van der Waals surface area contributed by atoms with E-state index in [4.69, 9.17) is 4.74 Å². The number of amides is 2. The van der Waals surface area contributed by atoms with Crippen LogP contribution in [0.5, 0.6) is 5.75 Å². The van der Waals surface area contributed by atoms with Crippen molar-refractivity contribution in [2.75, 3.05) is 16.8 Å². The quantitative estimate of drug-likeness (QED) is 0.569. The number of nitrogens with one attached hydrogen (secondary N) is 1. The van der Waals surface area contributed by atoms with Gasteiger partial charge in [0.05, 0.1) is 10.6 Å². The Kier molecular flexibility index (Phi) is 6.01. The molecule has 0 spiro atoms. The summed E-state index contributed by atoms with van der Waals surface area (Å²) in [5.74, 6) is -0.600. The number of benzene rings is 2. The molecule has 1 unspecified atom stereocenters. The van der Waals surface area contributed by atoms with E-state index in [1.165, 1.54) is 23.1 Å². The van der Waals surface area contributed by atoms with E-state index in [-0.39, 0.29) is 29.3 Å². The molecule has 2 amide bonds. The van der Waals surface area contributed by atoms with Crippen LogP contribution >= 0.6 is 0 Å². The number of hydrogen-bond acceptors (Lipinski definition) is 5. The zero-order chi connectivity index (χ0) is 22.9. The number of ether oxygens (including phenoxy) is 1. The molecule has 0 saturated heterocycles. The van der Waals surface area contributed by atoms with Crippen molar-refractivity contribution in [1.82, 2.24) is 0 Å². The molecule has 1 heterocycles. The van der Waals surface area contributed by atoms with Crippen molar-refractivity contribution in [3.63, 3.8) is 0 Å². The number of nitro groups is 1. The lowest BCUT2D eigenvalue weighted by Crippen LogP contribution is -2.50. The highest BCUT2D eigenvalue weighted by Crippen LogP contribution is 2.38. The first-order valence-electron chi connectivity index (χ1n) is 10.1.